The number of aromatic nitrogens is 4. The van der Waals surface area contributed by atoms with Gasteiger partial charge < -0.3 is 10.1 Å². The van der Waals surface area contributed by atoms with E-state index in [1.54, 1.807) is 4.68 Å². The molecule has 2 aromatic heterocycles. The van der Waals surface area contributed by atoms with E-state index in [1.165, 1.54) is 47.8 Å². The van der Waals surface area contributed by atoms with E-state index in [2.05, 4.69) is 15.4 Å². The number of nitro benzene ring substituents is 1. The quantitative estimate of drug-likeness (QED) is 0.254. The first-order chi connectivity index (χ1) is 16.5. The lowest BCUT2D eigenvalue weighted by atomic mass is 10.2. The van der Waals surface area contributed by atoms with Crippen LogP contribution in [0.25, 0.3) is 16.7 Å². The number of carbonyl (C=O) groups excluding carboxylic acids is 1. The van der Waals surface area contributed by atoms with Gasteiger partial charge in [0, 0.05) is 18.2 Å². The number of methoxy groups -OCH3 is 1. The highest BCUT2D eigenvalue weighted by molar-refractivity contribution is 7.99. The fraction of sp³-hybridized carbons (Fsp3) is 0.182. The lowest BCUT2D eigenvalue weighted by Crippen LogP contribution is -2.27. The minimum Gasteiger partial charge on any atom is -0.494 e. The number of ether oxygens (including phenoxy) is 1. The summed E-state index contributed by atoms with van der Waals surface area (Å²) in [6.45, 7) is 0. The summed E-state index contributed by atoms with van der Waals surface area (Å²) >= 11 is 1.40. The number of rotatable bonds is 6. The van der Waals surface area contributed by atoms with Gasteiger partial charge in [-0.05, 0) is 18.2 Å². The lowest BCUT2D eigenvalue weighted by Gasteiger charge is -2.14. The van der Waals surface area contributed by atoms with Gasteiger partial charge in [-0.15, -0.1) is 0 Å². The first kappa shape index (κ1) is 21.6. The van der Waals surface area contributed by atoms with Gasteiger partial charge in [0.15, 0.2) is 10.8 Å². The number of nitrogens with zero attached hydrogens (tertiary/aromatic N) is 5. The van der Waals surface area contributed by atoms with Crippen LogP contribution in [0, 0.1) is 10.1 Å². The summed E-state index contributed by atoms with van der Waals surface area (Å²) in [5.41, 5.74) is 1.18. The molecule has 0 fully saturated rings. The normalized spacial score (nSPS) is 14.7. The molecule has 11 nitrogen and oxygen atoms in total. The van der Waals surface area contributed by atoms with Gasteiger partial charge in [-0.1, -0.05) is 30.0 Å². The Labute approximate surface area is 196 Å². The first-order valence-corrected chi connectivity index (χ1v) is 11.3. The molecule has 4 aromatic rings. The van der Waals surface area contributed by atoms with Gasteiger partial charge in [-0.25, -0.2) is 9.67 Å². The Morgan fingerprint density at radius 3 is 2.82 bits per heavy atom. The van der Waals surface area contributed by atoms with Crippen molar-refractivity contribution in [2.24, 2.45) is 0 Å². The highest BCUT2D eigenvalue weighted by atomic mass is 32.2. The largest absolute Gasteiger partial charge is 0.494 e. The maximum atomic E-state index is 13.3. The van der Waals surface area contributed by atoms with E-state index in [0.29, 0.717) is 27.6 Å². The zero-order chi connectivity index (χ0) is 23.8. The monoisotopic (exact) mass is 478 g/mol. The highest BCUT2D eigenvalue weighted by Gasteiger charge is 2.30. The second-order valence-electron chi connectivity index (χ2n) is 7.56. The molecule has 3 heterocycles. The van der Waals surface area contributed by atoms with Crippen molar-refractivity contribution in [2.75, 3.05) is 18.2 Å². The number of non-ortho nitro benzene ring substituents is 1. The van der Waals surface area contributed by atoms with E-state index in [9.17, 15) is 19.7 Å². The van der Waals surface area contributed by atoms with Gasteiger partial charge in [0.25, 0.3) is 11.2 Å². The number of para-hydroxylation sites is 1. The predicted octanol–water partition coefficient (Wildman–Crippen LogP) is 3.17. The van der Waals surface area contributed by atoms with Crippen LogP contribution in [-0.4, -0.2) is 43.0 Å². The topological polar surface area (TPSA) is 134 Å². The Morgan fingerprint density at radius 1 is 1.29 bits per heavy atom. The smallest absolute Gasteiger partial charge is 0.273 e. The number of fused-ring (bicyclic) bond motifs is 2. The van der Waals surface area contributed by atoms with E-state index in [-0.39, 0.29) is 29.3 Å². The number of nitrogens with one attached hydrogen (secondary N) is 1. The number of hydrogen-bond donors (Lipinski definition) is 1. The van der Waals surface area contributed by atoms with Crippen LogP contribution < -0.4 is 15.6 Å². The minimum absolute atomic E-state index is 0.0278. The van der Waals surface area contributed by atoms with Crippen LogP contribution in [0.4, 0.5) is 11.4 Å². The van der Waals surface area contributed by atoms with E-state index < -0.39 is 11.0 Å². The Bertz CT molecular complexity index is 1480. The molecule has 1 N–H and O–H groups in total. The Hall–Kier alpha value is -4.19. The molecule has 0 aliphatic carbocycles. The molecule has 0 saturated heterocycles. The molecular formula is C22H18N6O5S. The van der Waals surface area contributed by atoms with Crippen LogP contribution in [0.15, 0.2) is 64.7 Å². The molecule has 1 aliphatic heterocycles. The van der Waals surface area contributed by atoms with Crippen molar-refractivity contribution in [3.05, 3.63) is 75.2 Å². The molecule has 1 amide bonds. The molecule has 0 spiro atoms. The van der Waals surface area contributed by atoms with Crippen molar-refractivity contribution in [1.82, 2.24) is 19.3 Å². The first-order valence-electron chi connectivity index (χ1n) is 10.3. The number of thioether (sulfide) groups is 1. The van der Waals surface area contributed by atoms with Crippen molar-refractivity contribution in [1.29, 1.82) is 0 Å². The maximum absolute atomic E-state index is 13.3. The third-order valence-corrected chi connectivity index (χ3v) is 6.56. The van der Waals surface area contributed by atoms with E-state index in [1.807, 2.05) is 30.3 Å². The van der Waals surface area contributed by atoms with Crippen LogP contribution in [0.2, 0.25) is 0 Å². The molecule has 2 aromatic carbocycles. The summed E-state index contributed by atoms with van der Waals surface area (Å²) in [7, 11) is 1.37. The molecular weight excluding hydrogens is 460 g/mol. The summed E-state index contributed by atoms with van der Waals surface area (Å²) < 4.78 is 8.33. The Kier molecular flexibility index (Phi) is 5.49. The van der Waals surface area contributed by atoms with Gasteiger partial charge in [0.1, 0.15) is 11.1 Å². The average molecular weight is 478 g/mol. The summed E-state index contributed by atoms with van der Waals surface area (Å²) in [4.78, 5) is 41.1. The van der Waals surface area contributed by atoms with Crippen LogP contribution in [0.1, 0.15) is 12.5 Å². The lowest BCUT2D eigenvalue weighted by molar-refractivity contribution is -0.384. The van der Waals surface area contributed by atoms with Crippen molar-refractivity contribution in [2.45, 2.75) is 17.6 Å². The Morgan fingerprint density at radius 2 is 2.09 bits per heavy atom. The molecule has 1 unspecified atom stereocenters. The summed E-state index contributed by atoms with van der Waals surface area (Å²) in [6.07, 6.45) is 1.52. The molecule has 1 aliphatic rings. The summed E-state index contributed by atoms with van der Waals surface area (Å²) in [5, 5.41) is 18.9. The standard InChI is InChI=1S/C22H18N6O5S/c1-33-18-9-14(28(31)32)7-8-17(18)24-19(29)10-15-12-34-22-25-20-16(21(30)26(15)22)11-23-27(20)13-5-3-2-4-6-13/h2-9,11,15H,10,12H2,1H3,(H,24,29). The Balaban J connectivity index is 1.40. The summed E-state index contributed by atoms with van der Waals surface area (Å²) in [6, 6.07) is 13.0. The van der Waals surface area contributed by atoms with Gasteiger partial charge >= 0.3 is 0 Å². The fourth-order valence-corrected chi connectivity index (χ4v) is 4.98. The maximum Gasteiger partial charge on any atom is 0.273 e. The van der Waals surface area contributed by atoms with Crippen molar-refractivity contribution in [3.63, 3.8) is 0 Å². The third kappa shape index (κ3) is 3.77. The molecule has 1 atom stereocenters. The van der Waals surface area contributed by atoms with Crippen molar-refractivity contribution >= 4 is 40.1 Å². The zero-order valence-electron chi connectivity index (χ0n) is 17.9. The third-order valence-electron chi connectivity index (χ3n) is 5.46. The molecule has 0 bridgehead atoms. The number of hydrogen-bond acceptors (Lipinski definition) is 8. The van der Waals surface area contributed by atoms with Crippen LogP contribution in [0.3, 0.4) is 0 Å². The average Bonchev–Trinajstić information content (AvgIpc) is 3.44. The molecule has 34 heavy (non-hydrogen) atoms. The second-order valence-corrected chi connectivity index (χ2v) is 8.54. The number of benzene rings is 2. The van der Waals surface area contributed by atoms with Gasteiger partial charge in [0.05, 0.1) is 41.7 Å². The number of amides is 1. The molecule has 0 saturated carbocycles. The van der Waals surface area contributed by atoms with Crippen LogP contribution in [0.5, 0.6) is 5.75 Å². The van der Waals surface area contributed by atoms with Crippen LogP contribution >= 0.6 is 11.8 Å². The minimum atomic E-state index is -0.541. The number of nitro groups is 1. The molecule has 0 radical (unpaired) electrons. The fourth-order valence-electron chi connectivity index (χ4n) is 3.85. The van der Waals surface area contributed by atoms with E-state index in [0.717, 1.165) is 5.69 Å². The molecule has 5 rings (SSSR count). The number of carbonyl (C=O) groups is 1. The van der Waals surface area contributed by atoms with Crippen molar-refractivity contribution < 1.29 is 14.5 Å². The molecule has 12 heteroatoms. The van der Waals surface area contributed by atoms with Gasteiger partial charge in [-0.3, -0.25) is 24.3 Å². The second kappa shape index (κ2) is 8.63. The SMILES string of the molecule is COc1cc([N+](=O)[O-])ccc1NC(=O)CC1CSc2nc3c(cnn3-c3ccccc3)c(=O)n21. The van der Waals surface area contributed by atoms with E-state index >= 15 is 0 Å². The van der Waals surface area contributed by atoms with Gasteiger partial charge in [0.2, 0.25) is 5.91 Å². The molecule has 172 valence electrons. The van der Waals surface area contributed by atoms with Gasteiger partial charge in [-0.2, -0.15) is 5.10 Å². The zero-order valence-corrected chi connectivity index (χ0v) is 18.7. The highest BCUT2D eigenvalue weighted by Crippen LogP contribution is 2.34. The predicted molar refractivity (Wildman–Crippen MR) is 126 cm³/mol. The number of anilines is 1. The van der Waals surface area contributed by atoms with E-state index in [4.69, 9.17) is 4.74 Å². The van der Waals surface area contributed by atoms with Crippen LogP contribution in [-0.2, 0) is 4.79 Å². The summed E-state index contributed by atoms with van der Waals surface area (Å²) in [5.74, 6) is 0.341. The van der Waals surface area contributed by atoms with Crippen molar-refractivity contribution in [3.8, 4) is 11.4 Å².